The molecular weight excluding hydrogens is 680 g/mol. The minimum Gasteiger partial charge on any atom is -0.477 e. The average Bonchev–Trinajstić information content (AvgIpc) is 3.50. The number of hydrogen-bond donors (Lipinski definition) is 1. The Morgan fingerprint density at radius 1 is 0.860 bits per heavy atom. The summed E-state index contributed by atoms with van der Waals surface area (Å²) in [6, 6.07) is 25.4. The van der Waals surface area contributed by atoms with Gasteiger partial charge in [0.1, 0.15) is 17.2 Å². The predicted molar refractivity (Wildman–Crippen MR) is 195 cm³/mol. The zero-order valence-electron chi connectivity index (χ0n) is 27.0. The lowest BCUT2D eigenvalue weighted by Crippen LogP contribution is -2.47. The Bertz CT molecular complexity index is 2350. The maximum Gasteiger partial charge on any atom is 0.341 e. The van der Waals surface area contributed by atoms with Crippen LogP contribution in [0.1, 0.15) is 22.8 Å². The lowest BCUT2D eigenvalue weighted by molar-refractivity contribution is 0.0695. The molecule has 1 N–H and O–H groups in total. The van der Waals surface area contributed by atoms with E-state index in [2.05, 4.69) is 22.9 Å². The first-order chi connectivity index (χ1) is 24.2. The van der Waals surface area contributed by atoms with E-state index in [-0.39, 0.29) is 5.39 Å². The minimum atomic E-state index is -1.35. The molecule has 0 unspecified atom stereocenters. The number of carboxylic acid groups (broad SMARTS) is 1. The van der Waals surface area contributed by atoms with Gasteiger partial charge in [-0.2, -0.15) is 0 Å². The van der Waals surface area contributed by atoms with Crippen molar-refractivity contribution in [1.82, 2.24) is 9.13 Å². The van der Waals surface area contributed by atoms with Crippen LogP contribution >= 0.6 is 22.9 Å². The molecule has 254 valence electrons. The number of piperazine rings is 1. The third-order valence-electron chi connectivity index (χ3n) is 8.88. The van der Waals surface area contributed by atoms with Crippen molar-refractivity contribution >= 4 is 56.9 Å². The normalized spacial score (nSPS) is 13.7. The van der Waals surface area contributed by atoms with Crippen molar-refractivity contribution in [3.63, 3.8) is 0 Å². The van der Waals surface area contributed by atoms with Crippen LogP contribution in [0.4, 0.5) is 25.8 Å². The van der Waals surface area contributed by atoms with E-state index in [1.54, 1.807) is 22.8 Å². The lowest BCUT2D eigenvalue weighted by atomic mass is 10.1. The summed E-state index contributed by atoms with van der Waals surface area (Å²) in [6.07, 6.45) is 3.35. The van der Waals surface area contributed by atoms with Gasteiger partial charge in [0.05, 0.1) is 27.5 Å². The first-order valence-electron chi connectivity index (χ1n) is 16.1. The summed E-state index contributed by atoms with van der Waals surface area (Å²) in [5.74, 6) is -2.36. The first kappa shape index (κ1) is 33.2. The van der Waals surface area contributed by atoms with Crippen LogP contribution in [0.15, 0.2) is 107 Å². The lowest BCUT2D eigenvalue weighted by Gasteiger charge is -2.37. The second kappa shape index (κ2) is 13.9. The fourth-order valence-electron chi connectivity index (χ4n) is 6.28. The van der Waals surface area contributed by atoms with Crippen molar-refractivity contribution in [2.24, 2.45) is 4.99 Å². The third kappa shape index (κ3) is 6.66. The Morgan fingerprint density at radius 2 is 1.54 bits per heavy atom. The predicted octanol–water partition coefficient (Wildman–Crippen LogP) is 7.79. The van der Waals surface area contributed by atoms with Crippen molar-refractivity contribution in [2.45, 2.75) is 20.0 Å². The van der Waals surface area contributed by atoms with Gasteiger partial charge in [-0.25, -0.2) is 18.6 Å². The highest BCUT2D eigenvalue weighted by molar-refractivity contribution is 7.12. The van der Waals surface area contributed by atoms with Gasteiger partial charge in [-0.3, -0.25) is 4.79 Å². The molecule has 6 aromatic rings. The fraction of sp³-hybridized carbons (Fsp3) is 0.184. The molecule has 3 heterocycles. The number of carbonyl (C=O) groups is 1. The molecule has 1 fully saturated rings. The molecule has 1 aliphatic rings. The van der Waals surface area contributed by atoms with Gasteiger partial charge in [-0.1, -0.05) is 65.4 Å². The van der Waals surface area contributed by atoms with E-state index < -0.39 is 28.6 Å². The number of pyridine rings is 1. The molecule has 0 bridgehead atoms. The van der Waals surface area contributed by atoms with Gasteiger partial charge in [-0.05, 0) is 54.4 Å². The van der Waals surface area contributed by atoms with E-state index in [9.17, 15) is 14.7 Å². The maximum atomic E-state index is 15.7. The maximum absolute atomic E-state index is 15.7. The van der Waals surface area contributed by atoms with Gasteiger partial charge in [0.25, 0.3) is 0 Å². The molecule has 50 heavy (non-hydrogen) atoms. The summed E-state index contributed by atoms with van der Waals surface area (Å²) in [5.41, 5.74) is 2.72. The molecule has 8 nitrogen and oxygen atoms in total. The summed E-state index contributed by atoms with van der Waals surface area (Å²) in [4.78, 5) is 34.7. The number of carboxylic acids is 1. The average molecular weight is 712 g/mol. The van der Waals surface area contributed by atoms with Gasteiger partial charge in [-0.15, -0.1) is 0 Å². The number of aryl methyl sites for hydroxylation is 1. The van der Waals surface area contributed by atoms with Crippen molar-refractivity contribution in [3.8, 4) is 10.4 Å². The number of fused-ring (bicyclic) bond motifs is 1. The number of benzene rings is 4. The molecule has 12 heteroatoms. The van der Waals surface area contributed by atoms with Crippen molar-refractivity contribution < 1.29 is 18.7 Å². The number of rotatable bonds is 8. The molecule has 0 amide bonds. The number of halogens is 3. The largest absolute Gasteiger partial charge is 0.477 e. The third-order valence-corrected chi connectivity index (χ3v) is 10.2. The Balaban J connectivity index is 1.13. The highest BCUT2D eigenvalue weighted by Crippen LogP contribution is 2.30. The van der Waals surface area contributed by atoms with Crippen LogP contribution in [-0.4, -0.2) is 46.4 Å². The van der Waals surface area contributed by atoms with Gasteiger partial charge >= 0.3 is 5.97 Å². The number of aromatic carboxylic acids is 1. The SMILES string of the molecule is CCn1cc(C(=O)O)c(=O)c2cc(F)c(N3CCN(c4ccc(N=c5sc(-c6ccc(Cl)cc6)cn5Cc5ccccc5)cc4F)CC3)cc21. The first-order valence-corrected chi connectivity index (χ1v) is 17.3. The smallest absolute Gasteiger partial charge is 0.341 e. The molecule has 1 saturated heterocycles. The molecule has 4 aromatic carbocycles. The zero-order valence-corrected chi connectivity index (χ0v) is 28.6. The zero-order chi connectivity index (χ0) is 34.9. The molecule has 0 saturated carbocycles. The highest BCUT2D eigenvalue weighted by Gasteiger charge is 2.24. The van der Waals surface area contributed by atoms with E-state index in [0.717, 1.165) is 26.9 Å². The van der Waals surface area contributed by atoms with E-state index >= 15 is 8.78 Å². The molecule has 1 aliphatic heterocycles. The van der Waals surface area contributed by atoms with Crippen LogP contribution in [0.2, 0.25) is 5.02 Å². The van der Waals surface area contributed by atoms with Crippen LogP contribution in [0.3, 0.4) is 0 Å². The Morgan fingerprint density at radius 3 is 2.20 bits per heavy atom. The number of nitrogens with zero attached hydrogens (tertiary/aromatic N) is 5. The summed E-state index contributed by atoms with van der Waals surface area (Å²) in [5, 5.41) is 10.1. The van der Waals surface area contributed by atoms with E-state index in [0.29, 0.717) is 66.9 Å². The Hall–Kier alpha value is -5.26. The molecular formula is C38H32ClF2N5O3S. The highest BCUT2D eigenvalue weighted by atomic mass is 35.5. The summed E-state index contributed by atoms with van der Waals surface area (Å²) >= 11 is 7.63. The fourth-order valence-corrected chi connectivity index (χ4v) is 7.43. The van der Waals surface area contributed by atoms with E-state index in [4.69, 9.17) is 16.6 Å². The number of aromatic nitrogens is 2. The molecule has 7 rings (SSSR count). The second-order valence-corrected chi connectivity index (χ2v) is 13.4. The number of thiazole rings is 1. The topological polar surface area (TPSA) is 83.1 Å². The van der Waals surface area contributed by atoms with Gasteiger partial charge in [0.15, 0.2) is 4.80 Å². The van der Waals surface area contributed by atoms with E-state index in [1.165, 1.54) is 23.6 Å². The summed E-state index contributed by atoms with van der Waals surface area (Å²) in [7, 11) is 0. The number of hydrogen-bond acceptors (Lipinski definition) is 6. The molecule has 2 aromatic heterocycles. The van der Waals surface area contributed by atoms with Crippen LogP contribution < -0.4 is 20.0 Å². The number of anilines is 2. The molecule has 0 aliphatic carbocycles. The quantitative estimate of drug-likeness (QED) is 0.174. The summed E-state index contributed by atoms with van der Waals surface area (Å²) < 4.78 is 34.8. The molecule has 0 radical (unpaired) electrons. The van der Waals surface area contributed by atoms with Gasteiger partial charge in [0, 0.05) is 68.1 Å². The van der Waals surface area contributed by atoms with Crippen molar-refractivity contribution in [2.75, 3.05) is 36.0 Å². The summed E-state index contributed by atoms with van der Waals surface area (Å²) in [6.45, 7) is 4.55. The minimum absolute atomic E-state index is 0.0218. The van der Waals surface area contributed by atoms with Crippen LogP contribution in [0.25, 0.3) is 21.3 Å². The standard InChI is InChI=1S/C38H32ClF2N5O3S/c1-2-43-22-29(37(48)49)36(47)28-19-31(41)34(20-33(28)43)45-16-14-44(15-17-45)32-13-12-27(18-30(32)40)42-38-46(21-24-6-4-3-5-7-24)23-35(50-38)25-8-10-26(39)11-9-25/h3-13,18-20,22-23H,2,14-17,21H2,1H3,(H,48,49). The molecule has 0 spiro atoms. The van der Waals surface area contributed by atoms with Crippen molar-refractivity contribution in [3.05, 3.63) is 140 Å². The van der Waals surface area contributed by atoms with Crippen molar-refractivity contribution in [1.29, 1.82) is 0 Å². The Labute approximate surface area is 295 Å². The monoisotopic (exact) mass is 711 g/mol. The Kier molecular flexibility index (Phi) is 9.26. The van der Waals surface area contributed by atoms with Crippen LogP contribution in [0.5, 0.6) is 0 Å². The molecule has 0 atom stereocenters. The van der Waals surface area contributed by atoms with E-state index in [1.807, 2.05) is 59.2 Å². The van der Waals surface area contributed by atoms with Crippen LogP contribution in [0, 0.1) is 11.6 Å². The second-order valence-electron chi connectivity index (χ2n) is 12.0. The van der Waals surface area contributed by atoms with Gasteiger partial charge < -0.3 is 24.0 Å². The van der Waals surface area contributed by atoms with Gasteiger partial charge in [0.2, 0.25) is 5.43 Å². The van der Waals surface area contributed by atoms with Crippen LogP contribution in [-0.2, 0) is 13.1 Å².